The Kier molecular flexibility index (Phi) is 13.5. The van der Waals surface area contributed by atoms with Crippen molar-refractivity contribution in [3.05, 3.63) is 125 Å². The fourth-order valence-electron chi connectivity index (χ4n) is 6.29. The van der Waals surface area contributed by atoms with Crippen LogP contribution in [0.25, 0.3) is 5.57 Å². The van der Waals surface area contributed by atoms with Crippen LogP contribution in [0.15, 0.2) is 103 Å². The molecule has 0 saturated carbocycles. The molecule has 0 fully saturated rings. The second-order valence-corrected chi connectivity index (χ2v) is 13.5. The summed E-state index contributed by atoms with van der Waals surface area (Å²) < 4.78 is 0. The van der Waals surface area contributed by atoms with Crippen molar-refractivity contribution in [3.63, 3.8) is 0 Å². The molecule has 0 bridgehead atoms. The third-order valence-electron chi connectivity index (χ3n) is 9.42. The Morgan fingerprint density at radius 1 is 0.714 bits per heavy atom. The van der Waals surface area contributed by atoms with Crippen molar-refractivity contribution in [1.82, 2.24) is 19.6 Å². The first-order chi connectivity index (χ1) is 23.5. The number of carbonyl (C=O) groups is 3. The second kappa shape index (κ2) is 17.7. The smallest absolute Gasteiger partial charge is 0.254 e. The zero-order valence-corrected chi connectivity index (χ0v) is 30.0. The second-order valence-electron chi connectivity index (χ2n) is 13.5. The van der Waals surface area contributed by atoms with Gasteiger partial charge < -0.3 is 25.3 Å². The zero-order chi connectivity index (χ0) is 35.5. The maximum atomic E-state index is 14.7. The summed E-state index contributed by atoms with van der Waals surface area (Å²) in [7, 11) is 9.21. The van der Waals surface area contributed by atoms with Crippen LogP contribution in [0.3, 0.4) is 0 Å². The molecule has 3 aromatic carbocycles. The van der Waals surface area contributed by atoms with Crippen LogP contribution in [0.5, 0.6) is 0 Å². The molecule has 0 aliphatic heterocycles. The molecule has 8 nitrogen and oxygen atoms in total. The van der Waals surface area contributed by atoms with Gasteiger partial charge in [-0.15, -0.1) is 0 Å². The summed E-state index contributed by atoms with van der Waals surface area (Å²) in [4.78, 5) is 49.8. The van der Waals surface area contributed by atoms with Crippen molar-refractivity contribution in [2.24, 2.45) is 5.73 Å². The minimum atomic E-state index is -0.820. The normalized spacial score (nSPS) is 14.7. The van der Waals surface area contributed by atoms with E-state index >= 15 is 0 Å². The number of hydrogen-bond donors (Lipinski definition) is 1. The summed E-state index contributed by atoms with van der Waals surface area (Å²) in [5.74, 6) is -0.657. The lowest BCUT2D eigenvalue weighted by molar-refractivity contribution is -0.146. The average molecular weight is 664 g/mol. The number of benzene rings is 3. The fraction of sp³-hybridized carbons (Fsp3) is 0.390. The van der Waals surface area contributed by atoms with Crippen LogP contribution in [0.4, 0.5) is 0 Å². The lowest BCUT2D eigenvalue weighted by Gasteiger charge is -2.36. The first-order valence-corrected chi connectivity index (χ1v) is 17.2. The third-order valence-corrected chi connectivity index (χ3v) is 9.42. The number of amides is 3. The molecule has 2 unspecified atom stereocenters. The molecule has 1 aliphatic carbocycles. The molecule has 0 spiro atoms. The van der Waals surface area contributed by atoms with Gasteiger partial charge >= 0.3 is 0 Å². The van der Waals surface area contributed by atoms with Gasteiger partial charge in [-0.2, -0.15) is 0 Å². The molecule has 0 saturated heterocycles. The molecule has 1 aliphatic rings. The largest absolute Gasteiger partial charge is 0.344 e. The third kappa shape index (κ3) is 10.2. The van der Waals surface area contributed by atoms with Gasteiger partial charge in [-0.1, -0.05) is 90.5 Å². The molecule has 2 N–H and O–H groups in total. The molecule has 3 amide bonds. The SMILES string of the molecule is CC(N)c1cccc(C(=O)N(C)C(CC2=CC=C(c3ccccc3)CC2)C(=O)N(C)[C@H](Cc2ccccc2)C(=O)N(C)CCCN(C)C)c1. The Morgan fingerprint density at radius 3 is 1.98 bits per heavy atom. The van der Waals surface area contributed by atoms with Gasteiger partial charge in [0.1, 0.15) is 12.1 Å². The number of allylic oxidation sites excluding steroid dienone is 3. The van der Waals surface area contributed by atoms with E-state index in [1.165, 1.54) is 11.1 Å². The van der Waals surface area contributed by atoms with Crippen molar-refractivity contribution < 1.29 is 14.4 Å². The fourth-order valence-corrected chi connectivity index (χ4v) is 6.29. The van der Waals surface area contributed by atoms with Crippen LogP contribution in [-0.4, -0.2) is 97.7 Å². The van der Waals surface area contributed by atoms with Gasteiger partial charge in [0.05, 0.1) is 0 Å². The molecule has 0 radical (unpaired) electrons. The Labute approximate surface area is 292 Å². The summed E-state index contributed by atoms with van der Waals surface area (Å²) in [5.41, 5.74) is 11.9. The van der Waals surface area contributed by atoms with Gasteiger partial charge in [0.15, 0.2) is 0 Å². The van der Waals surface area contributed by atoms with Crippen LogP contribution in [0.1, 0.15) is 65.7 Å². The van der Waals surface area contributed by atoms with Crippen LogP contribution in [-0.2, 0) is 16.0 Å². The standard InChI is InChI=1S/C41H53N5O3/c1-30(42)35-19-13-20-36(29-35)39(47)45(5)38(28-32-21-23-34(24-22-32)33-17-11-8-12-18-33)41(49)46(6)37(27-31-15-9-7-10-16-31)40(48)44(4)26-14-25-43(2)3/h7-13,15-21,23,29-30,37-38H,14,22,24-28,42H2,1-6H3/t30?,37-,38?/m1/s1. The van der Waals surface area contributed by atoms with Crippen molar-refractivity contribution in [1.29, 1.82) is 0 Å². The van der Waals surface area contributed by atoms with E-state index < -0.39 is 12.1 Å². The van der Waals surface area contributed by atoms with Crippen molar-refractivity contribution in [2.45, 2.75) is 57.2 Å². The predicted molar refractivity (Wildman–Crippen MR) is 199 cm³/mol. The van der Waals surface area contributed by atoms with Crippen molar-refractivity contribution >= 4 is 23.3 Å². The van der Waals surface area contributed by atoms with E-state index in [9.17, 15) is 14.4 Å². The maximum Gasteiger partial charge on any atom is 0.254 e. The molecule has 0 aromatic heterocycles. The average Bonchev–Trinajstić information content (AvgIpc) is 3.12. The first-order valence-electron chi connectivity index (χ1n) is 17.2. The molecule has 4 rings (SSSR count). The van der Waals surface area contributed by atoms with Crippen LogP contribution in [0, 0.1) is 0 Å². The molecular formula is C41H53N5O3. The monoisotopic (exact) mass is 663 g/mol. The van der Waals surface area contributed by atoms with Gasteiger partial charge in [-0.25, -0.2) is 0 Å². The van der Waals surface area contributed by atoms with E-state index in [1.54, 1.807) is 48.0 Å². The lowest BCUT2D eigenvalue weighted by Crippen LogP contribution is -2.55. The zero-order valence-electron chi connectivity index (χ0n) is 30.0. The van der Waals surface area contributed by atoms with E-state index in [-0.39, 0.29) is 23.8 Å². The molecule has 49 heavy (non-hydrogen) atoms. The Hall–Kier alpha value is -4.53. The highest BCUT2D eigenvalue weighted by atomic mass is 16.2. The molecule has 3 atom stereocenters. The summed E-state index contributed by atoms with van der Waals surface area (Å²) in [5, 5.41) is 0. The summed E-state index contributed by atoms with van der Waals surface area (Å²) in [6.07, 6.45) is 7.38. The quantitative estimate of drug-likeness (QED) is 0.221. The topological polar surface area (TPSA) is 90.2 Å². The first kappa shape index (κ1) is 37.3. The van der Waals surface area contributed by atoms with Gasteiger partial charge in [0, 0.05) is 45.7 Å². The minimum absolute atomic E-state index is 0.122. The number of hydrogen-bond acceptors (Lipinski definition) is 5. The van der Waals surface area contributed by atoms with E-state index in [0.29, 0.717) is 24.9 Å². The van der Waals surface area contributed by atoms with E-state index in [2.05, 4.69) is 29.2 Å². The molecule has 8 heteroatoms. The molecular weight excluding hydrogens is 610 g/mol. The van der Waals surface area contributed by atoms with Crippen LogP contribution < -0.4 is 5.73 Å². The molecule has 260 valence electrons. The highest BCUT2D eigenvalue weighted by Gasteiger charge is 2.37. The number of carbonyl (C=O) groups excluding carboxylic acids is 3. The van der Waals surface area contributed by atoms with Gasteiger partial charge in [-0.05, 0) is 87.6 Å². The van der Waals surface area contributed by atoms with E-state index in [1.807, 2.05) is 81.7 Å². The number of nitrogens with two attached hydrogens (primary N) is 1. The predicted octanol–water partition coefficient (Wildman–Crippen LogP) is 5.82. The van der Waals surface area contributed by atoms with Gasteiger partial charge in [-0.3, -0.25) is 14.4 Å². The van der Waals surface area contributed by atoms with Crippen LogP contribution in [0.2, 0.25) is 0 Å². The van der Waals surface area contributed by atoms with Crippen LogP contribution >= 0.6 is 0 Å². The highest BCUT2D eigenvalue weighted by Crippen LogP contribution is 2.30. The van der Waals surface area contributed by atoms with Gasteiger partial charge in [0.2, 0.25) is 11.8 Å². The van der Waals surface area contributed by atoms with Gasteiger partial charge in [0.25, 0.3) is 5.91 Å². The number of rotatable bonds is 15. The van der Waals surface area contributed by atoms with Crippen molar-refractivity contribution in [2.75, 3.05) is 48.3 Å². The Balaban J connectivity index is 1.67. The van der Waals surface area contributed by atoms with E-state index in [0.717, 1.165) is 42.5 Å². The Morgan fingerprint density at radius 2 is 1.37 bits per heavy atom. The summed E-state index contributed by atoms with van der Waals surface area (Å²) >= 11 is 0. The summed E-state index contributed by atoms with van der Waals surface area (Å²) in [6.45, 7) is 3.30. The number of nitrogens with zero attached hydrogens (tertiary/aromatic N) is 4. The summed E-state index contributed by atoms with van der Waals surface area (Å²) in [6, 6.07) is 25.6. The lowest BCUT2D eigenvalue weighted by atomic mass is 9.89. The molecule has 3 aromatic rings. The maximum absolute atomic E-state index is 14.7. The highest BCUT2D eigenvalue weighted by molar-refractivity contribution is 5.98. The van der Waals surface area contributed by atoms with E-state index in [4.69, 9.17) is 5.73 Å². The van der Waals surface area contributed by atoms with Crippen molar-refractivity contribution in [3.8, 4) is 0 Å². The Bertz CT molecular complexity index is 1620. The minimum Gasteiger partial charge on any atom is -0.344 e. The molecule has 0 heterocycles. The number of likely N-dealkylation sites (N-methyl/N-ethyl adjacent to an activating group) is 3.